The summed E-state index contributed by atoms with van der Waals surface area (Å²) < 4.78 is 32.5. The smallest absolute Gasteiger partial charge is 0.217 e. The molecule has 2 aliphatic rings. The van der Waals surface area contributed by atoms with Crippen molar-refractivity contribution in [3.05, 3.63) is 0 Å². The van der Waals surface area contributed by atoms with E-state index >= 15 is 0 Å². The zero-order valence-corrected chi connectivity index (χ0v) is 14.1. The highest BCUT2D eigenvalue weighted by Gasteiger charge is 2.52. The Morgan fingerprint density at radius 2 is 2.00 bits per heavy atom. The molecule has 0 aromatic carbocycles. The molecule has 2 aliphatic heterocycles. The van der Waals surface area contributed by atoms with E-state index in [1.807, 2.05) is 7.05 Å². The second-order valence-electron chi connectivity index (χ2n) is 7.26. The summed E-state index contributed by atoms with van der Waals surface area (Å²) in [7, 11) is -1.22. The van der Waals surface area contributed by atoms with Crippen LogP contribution in [-0.2, 0) is 14.8 Å². The minimum atomic E-state index is -3.23. The minimum Gasteiger partial charge on any atom is -0.374 e. The Morgan fingerprint density at radius 1 is 1.35 bits per heavy atom. The first-order valence-corrected chi connectivity index (χ1v) is 9.04. The van der Waals surface area contributed by atoms with Crippen molar-refractivity contribution < 1.29 is 13.2 Å². The topological polar surface area (TPSA) is 49.9 Å². The molecule has 2 fully saturated rings. The molecule has 2 heterocycles. The predicted molar refractivity (Wildman–Crippen MR) is 80.1 cm³/mol. The molecule has 5 nitrogen and oxygen atoms in total. The van der Waals surface area contributed by atoms with Crippen molar-refractivity contribution in [1.29, 1.82) is 0 Å². The lowest BCUT2D eigenvalue weighted by atomic mass is 9.72. The molecule has 0 aromatic heterocycles. The fourth-order valence-corrected chi connectivity index (χ4v) is 5.94. The normalized spacial score (nSPS) is 32.3. The van der Waals surface area contributed by atoms with Crippen molar-refractivity contribution in [2.45, 2.75) is 39.8 Å². The Morgan fingerprint density at radius 3 is 2.50 bits per heavy atom. The average Bonchev–Trinajstić information content (AvgIpc) is 2.24. The second kappa shape index (κ2) is 5.55. The molecular weight excluding hydrogens is 276 g/mol. The first-order chi connectivity index (χ1) is 9.13. The van der Waals surface area contributed by atoms with Gasteiger partial charge in [0, 0.05) is 25.7 Å². The molecule has 6 heteroatoms. The molecule has 2 atom stereocenters. The van der Waals surface area contributed by atoms with Gasteiger partial charge in [-0.3, -0.25) is 0 Å². The van der Waals surface area contributed by atoms with E-state index in [0.29, 0.717) is 25.6 Å². The van der Waals surface area contributed by atoms with Crippen LogP contribution >= 0.6 is 0 Å². The highest BCUT2D eigenvalue weighted by molar-refractivity contribution is 7.89. The highest BCUT2D eigenvalue weighted by Crippen LogP contribution is 2.43. The van der Waals surface area contributed by atoms with Gasteiger partial charge in [-0.05, 0) is 18.4 Å². The molecule has 0 saturated carbocycles. The predicted octanol–water partition coefficient (Wildman–Crippen LogP) is 1.01. The van der Waals surface area contributed by atoms with Gasteiger partial charge in [0.15, 0.2) is 0 Å². The lowest BCUT2D eigenvalue weighted by molar-refractivity contribution is -0.0199. The lowest BCUT2D eigenvalue weighted by Crippen LogP contribution is -2.66. The van der Waals surface area contributed by atoms with Crippen LogP contribution in [0.15, 0.2) is 0 Å². The van der Waals surface area contributed by atoms with Crippen LogP contribution < -0.4 is 0 Å². The number of likely N-dealkylation sites (N-methyl/N-ethyl adjacent to an activating group) is 1. The van der Waals surface area contributed by atoms with E-state index < -0.39 is 10.0 Å². The Bertz CT molecular complexity index is 447. The monoisotopic (exact) mass is 304 g/mol. The Labute approximate surface area is 123 Å². The van der Waals surface area contributed by atoms with Crippen LogP contribution in [0.25, 0.3) is 0 Å². The summed E-state index contributed by atoms with van der Waals surface area (Å²) in [6.45, 7) is 11.3. The molecule has 0 N–H and O–H groups in total. The van der Waals surface area contributed by atoms with Crippen molar-refractivity contribution in [1.82, 2.24) is 9.21 Å². The number of sulfonamides is 1. The number of rotatable bonds is 4. The maximum atomic E-state index is 12.6. The van der Waals surface area contributed by atoms with Crippen LogP contribution in [-0.4, -0.2) is 68.8 Å². The van der Waals surface area contributed by atoms with E-state index in [1.54, 1.807) is 4.31 Å². The van der Waals surface area contributed by atoms with Gasteiger partial charge in [0.25, 0.3) is 0 Å². The van der Waals surface area contributed by atoms with Gasteiger partial charge in [0.2, 0.25) is 10.0 Å². The minimum absolute atomic E-state index is 0.0749. The van der Waals surface area contributed by atoms with Gasteiger partial charge in [-0.25, -0.2) is 8.42 Å². The van der Waals surface area contributed by atoms with Crippen LogP contribution in [0.3, 0.4) is 0 Å². The van der Waals surface area contributed by atoms with Gasteiger partial charge in [0.05, 0.1) is 18.5 Å². The van der Waals surface area contributed by atoms with Gasteiger partial charge < -0.3 is 9.64 Å². The van der Waals surface area contributed by atoms with E-state index in [0.717, 1.165) is 6.54 Å². The SMILES string of the molecule is CC(C)C1N(S(=O)(=O)CC2CN(C)CCO2)CC1(C)C. The molecule has 0 radical (unpaired) electrons. The summed E-state index contributed by atoms with van der Waals surface area (Å²) in [6.07, 6.45) is -0.199. The van der Waals surface area contributed by atoms with Gasteiger partial charge in [-0.15, -0.1) is 0 Å². The van der Waals surface area contributed by atoms with Gasteiger partial charge in [0.1, 0.15) is 0 Å². The van der Waals surface area contributed by atoms with Crippen LogP contribution in [0.2, 0.25) is 0 Å². The molecular formula is C14H28N2O3S. The number of ether oxygens (including phenoxy) is 1. The molecule has 0 bridgehead atoms. The number of morpholine rings is 1. The van der Waals surface area contributed by atoms with Gasteiger partial charge in [-0.1, -0.05) is 27.7 Å². The third-order valence-electron chi connectivity index (χ3n) is 4.40. The summed E-state index contributed by atoms with van der Waals surface area (Å²) in [5.41, 5.74) is 0.0749. The van der Waals surface area contributed by atoms with E-state index in [1.165, 1.54) is 0 Å². The second-order valence-corrected chi connectivity index (χ2v) is 9.22. The van der Waals surface area contributed by atoms with Crippen molar-refractivity contribution in [2.24, 2.45) is 11.3 Å². The fraction of sp³-hybridized carbons (Fsp3) is 1.00. The molecule has 20 heavy (non-hydrogen) atoms. The molecule has 118 valence electrons. The van der Waals surface area contributed by atoms with Crippen molar-refractivity contribution >= 4 is 10.0 Å². The van der Waals surface area contributed by atoms with E-state index in [2.05, 4.69) is 32.6 Å². The van der Waals surface area contributed by atoms with Crippen molar-refractivity contribution in [3.63, 3.8) is 0 Å². The Balaban J connectivity index is 2.04. The lowest BCUT2D eigenvalue weighted by Gasteiger charge is -2.55. The number of nitrogens with zero attached hydrogens (tertiary/aromatic N) is 2. The molecule has 0 amide bonds. The van der Waals surface area contributed by atoms with Crippen LogP contribution in [0.5, 0.6) is 0 Å². The highest BCUT2D eigenvalue weighted by atomic mass is 32.2. The van der Waals surface area contributed by atoms with Gasteiger partial charge >= 0.3 is 0 Å². The first-order valence-electron chi connectivity index (χ1n) is 7.43. The summed E-state index contributed by atoms with van der Waals surface area (Å²) in [5.74, 6) is 0.444. The molecule has 0 spiro atoms. The summed E-state index contributed by atoms with van der Waals surface area (Å²) >= 11 is 0. The zero-order chi connectivity index (χ0) is 15.1. The third-order valence-corrected chi connectivity index (χ3v) is 6.27. The quantitative estimate of drug-likeness (QED) is 0.778. The van der Waals surface area contributed by atoms with Crippen molar-refractivity contribution in [3.8, 4) is 0 Å². The summed E-state index contributed by atoms with van der Waals surface area (Å²) in [6, 6.07) is 0.105. The van der Waals surface area contributed by atoms with Crippen LogP contribution in [0, 0.1) is 11.3 Å². The molecule has 0 aliphatic carbocycles. The fourth-order valence-electron chi connectivity index (χ4n) is 3.68. The largest absolute Gasteiger partial charge is 0.374 e. The maximum Gasteiger partial charge on any atom is 0.217 e. The molecule has 0 aromatic rings. The molecule has 2 saturated heterocycles. The van der Waals surface area contributed by atoms with E-state index in [-0.39, 0.29) is 23.3 Å². The first kappa shape index (κ1) is 16.2. The molecule has 2 unspecified atom stereocenters. The Kier molecular flexibility index (Phi) is 4.50. The number of hydrogen-bond acceptors (Lipinski definition) is 4. The number of hydrogen-bond donors (Lipinski definition) is 0. The standard InChI is InChI=1S/C14H28N2O3S/c1-11(2)13-14(3,4)10-16(13)20(17,18)9-12-8-15(5)6-7-19-12/h11-13H,6-10H2,1-5H3. The van der Waals surface area contributed by atoms with Gasteiger partial charge in [-0.2, -0.15) is 4.31 Å². The van der Waals surface area contributed by atoms with Crippen LogP contribution in [0.4, 0.5) is 0 Å². The summed E-state index contributed by atoms with van der Waals surface area (Å²) in [5, 5.41) is 0. The van der Waals surface area contributed by atoms with Crippen molar-refractivity contribution in [2.75, 3.05) is 39.0 Å². The summed E-state index contributed by atoms with van der Waals surface area (Å²) in [4.78, 5) is 2.13. The third kappa shape index (κ3) is 3.18. The average molecular weight is 304 g/mol. The van der Waals surface area contributed by atoms with Crippen LogP contribution in [0.1, 0.15) is 27.7 Å². The maximum absolute atomic E-state index is 12.6. The van der Waals surface area contributed by atoms with E-state index in [9.17, 15) is 8.42 Å². The van der Waals surface area contributed by atoms with E-state index in [4.69, 9.17) is 4.74 Å². The molecule has 2 rings (SSSR count). The zero-order valence-electron chi connectivity index (χ0n) is 13.3. The Hall–Kier alpha value is -0.170.